The van der Waals surface area contributed by atoms with Crippen molar-refractivity contribution in [2.24, 2.45) is 12.8 Å². The van der Waals surface area contributed by atoms with Crippen LogP contribution in [0.4, 0.5) is 0 Å². The Hall–Kier alpha value is -1.16. The lowest BCUT2D eigenvalue weighted by molar-refractivity contribution is 0.0993. The van der Waals surface area contributed by atoms with Gasteiger partial charge in [-0.2, -0.15) is 0 Å². The molecule has 0 bridgehead atoms. The lowest BCUT2D eigenvalue weighted by Crippen LogP contribution is -2.16. The third-order valence-corrected chi connectivity index (χ3v) is 1.29. The maximum Gasteiger partial charge on any atom is 0.194 e. The first kappa shape index (κ1) is 6.95. The number of ketones is 1. The van der Waals surface area contributed by atoms with Gasteiger partial charge in [0, 0.05) is 7.05 Å². The van der Waals surface area contributed by atoms with E-state index in [0.29, 0.717) is 5.69 Å². The zero-order valence-corrected chi connectivity index (χ0v) is 5.74. The van der Waals surface area contributed by atoms with Gasteiger partial charge in [-0.3, -0.25) is 4.79 Å². The molecule has 0 amide bonds. The molecule has 1 aromatic heterocycles. The summed E-state index contributed by atoms with van der Waals surface area (Å²) in [6, 6.07) is 0. The smallest absolute Gasteiger partial charge is 0.194 e. The van der Waals surface area contributed by atoms with Crippen molar-refractivity contribution in [3.63, 3.8) is 0 Å². The van der Waals surface area contributed by atoms with E-state index in [1.165, 1.54) is 6.20 Å². The fraction of sp³-hybridized carbons (Fsp3) is 0.333. The number of carbonyl (C=O) groups excluding carboxylic acids is 1. The molecule has 4 heteroatoms. The highest BCUT2D eigenvalue weighted by Crippen LogP contribution is 1.95. The van der Waals surface area contributed by atoms with E-state index in [9.17, 15) is 4.79 Å². The summed E-state index contributed by atoms with van der Waals surface area (Å²) in [5.41, 5.74) is 5.70. The van der Waals surface area contributed by atoms with Crippen molar-refractivity contribution < 1.29 is 4.79 Å². The van der Waals surface area contributed by atoms with Crippen molar-refractivity contribution in [3.05, 3.63) is 18.2 Å². The fourth-order valence-electron chi connectivity index (χ4n) is 0.730. The minimum absolute atomic E-state index is 0.0412. The summed E-state index contributed by atoms with van der Waals surface area (Å²) < 4.78 is 1.65. The van der Waals surface area contributed by atoms with Crippen molar-refractivity contribution in [1.29, 1.82) is 0 Å². The van der Waals surface area contributed by atoms with Crippen LogP contribution in [0.15, 0.2) is 12.5 Å². The monoisotopic (exact) mass is 139 g/mol. The van der Waals surface area contributed by atoms with E-state index < -0.39 is 0 Å². The molecule has 0 fully saturated rings. The SMILES string of the molecule is Cn1cncc1C(=O)CN. The number of imidazole rings is 1. The van der Waals surface area contributed by atoms with Crippen molar-refractivity contribution in [1.82, 2.24) is 9.55 Å². The van der Waals surface area contributed by atoms with Gasteiger partial charge in [-0.25, -0.2) is 4.98 Å². The van der Waals surface area contributed by atoms with Gasteiger partial charge in [0.15, 0.2) is 5.78 Å². The number of nitrogens with two attached hydrogens (primary N) is 1. The molecule has 1 aromatic rings. The normalized spacial score (nSPS) is 9.80. The van der Waals surface area contributed by atoms with Gasteiger partial charge in [0.1, 0.15) is 5.69 Å². The zero-order chi connectivity index (χ0) is 7.56. The van der Waals surface area contributed by atoms with E-state index in [1.54, 1.807) is 17.9 Å². The van der Waals surface area contributed by atoms with Crippen molar-refractivity contribution in [2.45, 2.75) is 0 Å². The van der Waals surface area contributed by atoms with Crippen molar-refractivity contribution in [3.8, 4) is 0 Å². The molecule has 0 spiro atoms. The second kappa shape index (κ2) is 2.62. The lowest BCUT2D eigenvalue weighted by Gasteiger charge is -1.95. The molecule has 0 saturated carbocycles. The van der Waals surface area contributed by atoms with Crippen LogP contribution in [0.3, 0.4) is 0 Å². The molecule has 0 aliphatic carbocycles. The molecular formula is C6H9N3O. The second-order valence-corrected chi connectivity index (χ2v) is 2.02. The fourth-order valence-corrected chi connectivity index (χ4v) is 0.730. The van der Waals surface area contributed by atoms with E-state index in [4.69, 9.17) is 5.73 Å². The Morgan fingerprint density at radius 2 is 2.60 bits per heavy atom. The van der Waals surface area contributed by atoms with Crippen LogP contribution in [0, 0.1) is 0 Å². The van der Waals surface area contributed by atoms with Gasteiger partial charge >= 0.3 is 0 Å². The van der Waals surface area contributed by atoms with Crippen molar-refractivity contribution in [2.75, 3.05) is 6.54 Å². The predicted molar refractivity (Wildman–Crippen MR) is 36.6 cm³/mol. The van der Waals surface area contributed by atoms with Gasteiger partial charge < -0.3 is 10.3 Å². The van der Waals surface area contributed by atoms with Gasteiger partial charge in [0.05, 0.1) is 19.1 Å². The Balaban J connectivity index is 2.93. The Labute approximate surface area is 58.7 Å². The molecule has 10 heavy (non-hydrogen) atoms. The van der Waals surface area contributed by atoms with Gasteiger partial charge in [-0.05, 0) is 0 Å². The van der Waals surface area contributed by atoms with E-state index >= 15 is 0 Å². The largest absolute Gasteiger partial charge is 0.331 e. The number of hydrogen-bond acceptors (Lipinski definition) is 3. The van der Waals surface area contributed by atoms with Crippen molar-refractivity contribution >= 4 is 5.78 Å². The maximum absolute atomic E-state index is 10.9. The van der Waals surface area contributed by atoms with E-state index in [2.05, 4.69) is 4.98 Å². The van der Waals surface area contributed by atoms with E-state index in [0.717, 1.165) is 0 Å². The van der Waals surface area contributed by atoms with Crippen LogP contribution >= 0.6 is 0 Å². The molecule has 0 atom stereocenters. The molecule has 0 aliphatic heterocycles. The first-order chi connectivity index (χ1) is 4.75. The number of rotatable bonds is 2. The quantitative estimate of drug-likeness (QED) is 0.565. The van der Waals surface area contributed by atoms with Gasteiger partial charge in [-0.15, -0.1) is 0 Å². The summed E-state index contributed by atoms with van der Waals surface area (Å²) in [7, 11) is 1.76. The average Bonchev–Trinajstić information content (AvgIpc) is 2.34. The summed E-state index contributed by atoms with van der Waals surface area (Å²) in [4.78, 5) is 14.7. The molecule has 2 N–H and O–H groups in total. The van der Waals surface area contributed by atoms with Gasteiger partial charge in [-0.1, -0.05) is 0 Å². The van der Waals surface area contributed by atoms with Crippen LogP contribution in [-0.2, 0) is 7.05 Å². The molecule has 54 valence electrons. The second-order valence-electron chi connectivity index (χ2n) is 2.02. The standard InChI is InChI=1S/C6H9N3O/c1-9-4-8-3-5(9)6(10)2-7/h3-4H,2,7H2,1H3. The Bertz CT molecular complexity index is 241. The third kappa shape index (κ3) is 1.06. The third-order valence-electron chi connectivity index (χ3n) is 1.29. The molecule has 1 rings (SSSR count). The van der Waals surface area contributed by atoms with Crippen LogP contribution in [0.5, 0.6) is 0 Å². The Morgan fingerprint density at radius 3 is 3.00 bits per heavy atom. The lowest BCUT2D eigenvalue weighted by atomic mass is 10.3. The van der Waals surface area contributed by atoms with E-state index in [1.807, 2.05) is 0 Å². The molecule has 0 aromatic carbocycles. The Kier molecular flexibility index (Phi) is 1.82. The number of aromatic nitrogens is 2. The highest BCUT2D eigenvalue weighted by molar-refractivity contribution is 5.95. The summed E-state index contributed by atoms with van der Waals surface area (Å²) in [5.74, 6) is -0.0833. The highest BCUT2D eigenvalue weighted by atomic mass is 16.1. The van der Waals surface area contributed by atoms with Crippen LogP contribution in [0.2, 0.25) is 0 Å². The van der Waals surface area contributed by atoms with Gasteiger partial charge in [0.25, 0.3) is 0 Å². The van der Waals surface area contributed by atoms with E-state index in [-0.39, 0.29) is 12.3 Å². The molecule has 0 radical (unpaired) electrons. The highest BCUT2D eigenvalue weighted by Gasteiger charge is 2.05. The topological polar surface area (TPSA) is 60.9 Å². The summed E-state index contributed by atoms with van der Waals surface area (Å²) in [6.07, 6.45) is 3.08. The number of carbonyl (C=O) groups is 1. The minimum atomic E-state index is -0.0833. The molecule has 4 nitrogen and oxygen atoms in total. The van der Waals surface area contributed by atoms with Crippen LogP contribution < -0.4 is 5.73 Å². The minimum Gasteiger partial charge on any atom is -0.331 e. The van der Waals surface area contributed by atoms with Gasteiger partial charge in [0.2, 0.25) is 0 Å². The summed E-state index contributed by atoms with van der Waals surface area (Å²) in [5, 5.41) is 0. The Morgan fingerprint density at radius 1 is 1.90 bits per heavy atom. The molecular weight excluding hydrogens is 130 g/mol. The summed E-state index contributed by atoms with van der Waals surface area (Å²) >= 11 is 0. The molecule has 1 heterocycles. The van der Waals surface area contributed by atoms with Crippen LogP contribution in [-0.4, -0.2) is 21.9 Å². The number of aryl methyl sites for hydroxylation is 1. The maximum atomic E-state index is 10.9. The number of hydrogen-bond donors (Lipinski definition) is 1. The zero-order valence-electron chi connectivity index (χ0n) is 5.74. The molecule has 0 aliphatic rings. The molecule has 0 saturated heterocycles. The van der Waals surface area contributed by atoms with Crippen LogP contribution in [0.1, 0.15) is 10.5 Å². The summed E-state index contributed by atoms with van der Waals surface area (Å²) in [6.45, 7) is 0.0412. The first-order valence-electron chi connectivity index (χ1n) is 2.95. The first-order valence-corrected chi connectivity index (χ1v) is 2.95. The number of Topliss-reactive ketones (excluding diaryl/α,β-unsaturated/α-hetero) is 1. The molecule has 0 unspecified atom stereocenters. The predicted octanol–water partition coefficient (Wildman–Crippen LogP) is -0.439. The van der Waals surface area contributed by atoms with Crippen LogP contribution in [0.25, 0.3) is 0 Å². The average molecular weight is 139 g/mol. The number of nitrogens with zero attached hydrogens (tertiary/aromatic N) is 2.